The molecule has 0 radical (unpaired) electrons. The van der Waals surface area contributed by atoms with Crippen molar-refractivity contribution in [3.05, 3.63) is 29.7 Å². The maximum absolute atomic E-state index is 12.8. The van der Waals surface area contributed by atoms with Crippen molar-refractivity contribution in [2.24, 2.45) is 5.92 Å². The number of hydrogen-bond acceptors (Lipinski definition) is 5. The van der Waals surface area contributed by atoms with Crippen LogP contribution in [0.15, 0.2) is 18.5 Å². The van der Waals surface area contributed by atoms with Crippen LogP contribution < -0.4 is 0 Å². The van der Waals surface area contributed by atoms with Crippen molar-refractivity contribution in [3.8, 4) is 0 Å². The Hall–Kier alpha value is -1.55. The minimum atomic E-state index is -3.28. The number of fused-ring (bicyclic) bond motifs is 1. The molecule has 0 aromatic carbocycles. The third-order valence-electron chi connectivity index (χ3n) is 5.86. The summed E-state index contributed by atoms with van der Waals surface area (Å²) in [5, 5.41) is 4.48. The third-order valence-corrected chi connectivity index (χ3v) is 7.90. The van der Waals surface area contributed by atoms with Gasteiger partial charge in [0.15, 0.2) is 5.65 Å². The van der Waals surface area contributed by atoms with E-state index in [1.54, 1.807) is 14.8 Å². The topological polar surface area (TPSA) is 74.0 Å². The second-order valence-electron chi connectivity index (χ2n) is 8.23. The fraction of sp³-hybridized carbons (Fsp3) is 0.684. The van der Waals surface area contributed by atoms with E-state index in [2.05, 4.69) is 29.1 Å². The molecule has 2 aromatic heterocycles. The SMILES string of the molecule is CN(C)Cc1cnc2ccnn2c1CC1CCN(S(=O)(=O)N2CCCC2)CC1. The number of nitrogens with zero attached hydrogens (tertiary/aromatic N) is 6. The first kappa shape index (κ1) is 19.8. The van der Waals surface area contributed by atoms with Gasteiger partial charge in [-0.2, -0.15) is 22.1 Å². The van der Waals surface area contributed by atoms with Gasteiger partial charge in [-0.15, -0.1) is 0 Å². The fourth-order valence-electron chi connectivity index (χ4n) is 4.35. The van der Waals surface area contributed by atoms with Gasteiger partial charge in [-0.05, 0) is 52.1 Å². The number of piperidine rings is 1. The highest BCUT2D eigenvalue weighted by molar-refractivity contribution is 7.86. The smallest absolute Gasteiger partial charge is 0.281 e. The Kier molecular flexibility index (Phi) is 5.69. The zero-order valence-corrected chi connectivity index (χ0v) is 17.6. The molecule has 0 amide bonds. The maximum atomic E-state index is 12.8. The molecule has 0 unspecified atom stereocenters. The summed E-state index contributed by atoms with van der Waals surface area (Å²) in [5.74, 6) is 0.459. The molecule has 154 valence electrons. The van der Waals surface area contributed by atoms with Crippen molar-refractivity contribution >= 4 is 15.9 Å². The van der Waals surface area contributed by atoms with Crippen LogP contribution in [0.1, 0.15) is 36.9 Å². The second kappa shape index (κ2) is 8.06. The van der Waals surface area contributed by atoms with Gasteiger partial charge < -0.3 is 4.90 Å². The average molecular weight is 407 g/mol. The quantitative estimate of drug-likeness (QED) is 0.725. The van der Waals surface area contributed by atoms with E-state index in [0.717, 1.165) is 44.3 Å². The normalized spacial score (nSPS) is 20.5. The van der Waals surface area contributed by atoms with E-state index >= 15 is 0 Å². The van der Waals surface area contributed by atoms with Gasteiger partial charge in [0.1, 0.15) is 0 Å². The van der Waals surface area contributed by atoms with Crippen LogP contribution in [-0.4, -0.2) is 76.8 Å². The first-order valence-corrected chi connectivity index (χ1v) is 11.6. The van der Waals surface area contributed by atoms with Gasteiger partial charge in [0, 0.05) is 50.6 Å². The maximum Gasteiger partial charge on any atom is 0.281 e. The lowest BCUT2D eigenvalue weighted by molar-refractivity contribution is 0.255. The largest absolute Gasteiger partial charge is 0.305 e. The van der Waals surface area contributed by atoms with Crippen molar-refractivity contribution in [3.63, 3.8) is 0 Å². The summed E-state index contributed by atoms with van der Waals surface area (Å²) in [6.45, 7) is 3.38. The molecule has 28 heavy (non-hydrogen) atoms. The predicted molar refractivity (Wildman–Crippen MR) is 108 cm³/mol. The lowest BCUT2D eigenvalue weighted by atomic mass is 9.91. The van der Waals surface area contributed by atoms with E-state index in [0.29, 0.717) is 32.1 Å². The Bertz CT molecular complexity index is 912. The van der Waals surface area contributed by atoms with E-state index in [1.807, 2.05) is 16.8 Å². The van der Waals surface area contributed by atoms with Crippen LogP contribution in [0, 0.1) is 5.92 Å². The molecule has 8 nitrogen and oxygen atoms in total. The van der Waals surface area contributed by atoms with Crippen molar-refractivity contribution in [1.82, 2.24) is 28.1 Å². The molecular weight excluding hydrogens is 376 g/mol. The highest BCUT2D eigenvalue weighted by atomic mass is 32.2. The molecule has 0 spiro atoms. The number of rotatable bonds is 6. The van der Waals surface area contributed by atoms with Crippen LogP contribution in [0.2, 0.25) is 0 Å². The molecule has 0 aliphatic carbocycles. The van der Waals surface area contributed by atoms with E-state index in [4.69, 9.17) is 0 Å². The third kappa shape index (κ3) is 3.94. The molecule has 2 fully saturated rings. The molecule has 2 aromatic rings. The van der Waals surface area contributed by atoms with Gasteiger partial charge >= 0.3 is 0 Å². The standard InChI is InChI=1S/C19H30N6O2S/c1-22(2)15-17-14-20-19-5-8-21-25(19)18(17)13-16-6-11-24(12-7-16)28(26,27)23-9-3-4-10-23/h5,8,14,16H,3-4,6-7,9-13,15H2,1-2H3. The minimum Gasteiger partial charge on any atom is -0.305 e. The predicted octanol–water partition coefficient (Wildman–Crippen LogP) is 1.39. The van der Waals surface area contributed by atoms with Gasteiger partial charge in [0.25, 0.3) is 10.2 Å². The highest BCUT2D eigenvalue weighted by Crippen LogP contribution is 2.27. The summed E-state index contributed by atoms with van der Waals surface area (Å²) < 4.78 is 30.9. The second-order valence-corrected chi connectivity index (χ2v) is 10.2. The van der Waals surface area contributed by atoms with E-state index in [1.165, 1.54) is 11.3 Å². The van der Waals surface area contributed by atoms with Crippen molar-refractivity contribution in [2.75, 3.05) is 40.3 Å². The zero-order chi connectivity index (χ0) is 19.7. The molecule has 0 bridgehead atoms. The Labute approximate surface area is 167 Å². The van der Waals surface area contributed by atoms with E-state index in [-0.39, 0.29) is 0 Å². The monoisotopic (exact) mass is 406 g/mol. The van der Waals surface area contributed by atoms with Crippen LogP contribution in [0.4, 0.5) is 0 Å². The summed E-state index contributed by atoms with van der Waals surface area (Å²) in [6.07, 6.45) is 8.38. The van der Waals surface area contributed by atoms with Gasteiger partial charge in [0.2, 0.25) is 0 Å². The van der Waals surface area contributed by atoms with E-state index < -0.39 is 10.2 Å². The molecule has 0 atom stereocenters. The first-order chi connectivity index (χ1) is 13.4. The Morgan fingerprint density at radius 2 is 1.79 bits per heavy atom. The molecule has 2 saturated heterocycles. The molecule has 0 N–H and O–H groups in total. The molecule has 9 heteroatoms. The van der Waals surface area contributed by atoms with E-state index in [9.17, 15) is 8.42 Å². The molecule has 4 heterocycles. The van der Waals surface area contributed by atoms with Gasteiger partial charge in [-0.3, -0.25) is 0 Å². The minimum absolute atomic E-state index is 0.459. The Morgan fingerprint density at radius 1 is 1.11 bits per heavy atom. The number of hydrogen-bond donors (Lipinski definition) is 0. The molecule has 2 aliphatic rings. The first-order valence-electron chi connectivity index (χ1n) is 10.2. The van der Waals surface area contributed by atoms with Crippen LogP contribution in [0.3, 0.4) is 0 Å². The summed E-state index contributed by atoms with van der Waals surface area (Å²) in [4.78, 5) is 6.66. The van der Waals surface area contributed by atoms with Gasteiger partial charge in [0.05, 0.1) is 11.9 Å². The zero-order valence-electron chi connectivity index (χ0n) is 16.8. The fourth-order valence-corrected chi connectivity index (χ4v) is 6.07. The van der Waals surface area contributed by atoms with Crippen LogP contribution in [0.5, 0.6) is 0 Å². The van der Waals surface area contributed by atoms with Crippen molar-refractivity contribution < 1.29 is 8.42 Å². The lowest BCUT2D eigenvalue weighted by Crippen LogP contribution is -2.46. The molecular formula is C19H30N6O2S. The molecule has 2 aliphatic heterocycles. The lowest BCUT2D eigenvalue weighted by Gasteiger charge is -2.34. The van der Waals surface area contributed by atoms with Crippen LogP contribution >= 0.6 is 0 Å². The van der Waals surface area contributed by atoms with Crippen molar-refractivity contribution in [2.45, 2.75) is 38.6 Å². The van der Waals surface area contributed by atoms with Crippen molar-refractivity contribution in [1.29, 1.82) is 0 Å². The summed E-state index contributed by atoms with van der Waals surface area (Å²) >= 11 is 0. The molecule has 4 rings (SSSR count). The number of aromatic nitrogens is 3. The Morgan fingerprint density at radius 3 is 2.46 bits per heavy atom. The van der Waals surface area contributed by atoms with Crippen LogP contribution in [-0.2, 0) is 23.2 Å². The van der Waals surface area contributed by atoms with Gasteiger partial charge in [-0.1, -0.05) is 0 Å². The molecule has 0 saturated carbocycles. The summed E-state index contributed by atoms with van der Waals surface area (Å²) in [6, 6.07) is 1.92. The Balaban J connectivity index is 1.47. The highest BCUT2D eigenvalue weighted by Gasteiger charge is 2.34. The average Bonchev–Trinajstić information content (AvgIpc) is 3.35. The van der Waals surface area contributed by atoms with Gasteiger partial charge in [-0.25, -0.2) is 9.50 Å². The van der Waals surface area contributed by atoms with Crippen LogP contribution in [0.25, 0.3) is 5.65 Å². The summed E-state index contributed by atoms with van der Waals surface area (Å²) in [7, 11) is 0.833. The summed E-state index contributed by atoms with van der Waals surface area (Å²) in [5.41, 5.74) is 3.25.